The van der Waals surface area contributed by atoms with E-state index >= 15 is 0 Å². The molecule has 0 unspecified atom stereocenters. The molecule has 0 aromatic carbocycles. The molecule has 0 atom stereocenters. The summed E-state index contributed by atoms with van der Waals surface area (Å²) in [5, 5.41) is 4.30. The molecule has 2 fully saturated rings. The smallest absolute Gasteiger partial charge is 0.202 e. The minimum Gasteiger partial charge on any atom is -0.381 e. The van der Waals surface area contributed by atoms with Gasteiger partial charge in [-0.1, -0.05) is 0 Å². The zero-order valence-electron chi connectivity index (χ0n) is 9.94. The van der Waals surface area contributed by atoms with Crippen LogP contribution in [0.25, 0.3) is 0 Å². The van der Waals surface area contributed by atoms with Gasteiger partial charge < -0.3 is 14.8 Å². The van der Waals surface area contributed by atoms with Gasteiger partial charge in [0, 0.05) is 50.7 Å². The van der Waals surface area contributed by atoms with E-state index in [-0.39, 0.29) is 5.60 Å². The van der Waals surface area contributed by atoms with E-state index in [1.54, 1.807) is 7.11 Å². The Kier molecular flexibility index (Phi) is 3.02. The van der Waals surface area contributed by atoms with Crippen molar-refractivity contribution in [3.63, 3.8) is 0 Å². The first kappa shape index (κ1) is 11.4. The standard InChI is InChI=1S/C11H17N3O2S/c1-15-11(4-6-16-7-5-11)9-13-10(17-14-9)12-8-2-3-8/h8H,2-7H2,1H3,(H,12,13,14). The average Bonchev–Trinajstić information content (AvgIpc) is 3.06. The number of nitrogens with zero attached hydrogens (tertiary/aromatic N) is 2. The number of rotatable bonds is 4. The molecule has 1 aliphatic carbocycles. The summed E-state index contributed by atoms with van der Waals surface area (Å²) in [6.07, 6.45) is 4.17. The monoisotopic (exact) mass is 255 g/mol. The maximum atomic E-state index is 5.67. The lowest BCUT2D eigenvalue weighted by molar-refractivity contribution is -0.0993. The van der Waals surface area contributed by atoms with E-state index in [0.29, 0.717) is 6.04 Å². The highest BCUT2D eigenvalue weighted by molar-refractivity contribution is 7.09. The summed E-state index contributed by atoms with van der Waals surface area (Å²) in [5.74, 6) is 0.816. The quantitative estimate of drug-likeness (QED) is 0.888. The molecule has 0 radical (unpaired) electrons. The van der Waals surface area contributed by atoms with E-state index in [0.717, 1.165) is 37.0 Å². The van der Waals surface area contributed by atoms with E-state index < -0.39 is 0 Å². The van der Waals surface area contributed by atoms with Crippen molar-refractivity contribution in [2.45, 2.75) is 37.3 Å². The molecule has 1 aliphatic heterocycles. The molecule has 1 N–H and O–H groups in total. The Hall–Kier alpha value is -0.720. The molecule has 2 heterocycles. The third-order valence-electron chi connectivity index (χ3n) is 3.43. The molecule has 0 bridgehead atoms. The summed E-state index contributed by atoms with van der Waals surface area (Å²) in [7, 11) is 1.74. The summed E-state index contributed by atoms with van der Waals surface area (Å²) < 4.78 is 15.5. The Balaban J connectivity index is 1.77. The molecule has 17 heavy (non-hydrogen) atoms. The predicted octanol–water partition coefficient (Wildman–Crippen LogP) is 1.76. The molecule has 1 saturated heterocycles. The highest BCUT2D eigenvalue weighted by Gasteiger charge is 2.38. The van der Waals surface area contributed by atoms with E-state index in [1.807, 2.05) is 0 Å². The topological polar surface area (TPSA) is 56.3 Å². The summed E-state index contributed by atoms with van der Waals surface area (Å²) in [6, 6.07) is 0.615. The van der Waals surface area contributed by atoms with Crippen LogP contribution in [0.15, 0.2) is 0 Å². The maximum absolute atomic E-state index is 5.67. The maximum Gasteiger partial charge on any atom is 0.202 e. The van der Waals surface area contributed by atoms with E-state index in [9.17, 15) is 0 Å². The molecule has 6 heteroatoms. The Labute approximate surface area is 105 Å². The van der Waals surface area contributed by atoms with Gasteiger partial charge in [-0.15, -0.1) is 0 Å². The summed E-state index contributed by atoms with van der Waals surface area (Å²) in [5.41, 5.74) is -0.335. The Morgan fingerprint density at radius 3 is 2.82 bits per heavy atom. The molecule has 94 valence electrons. The second-order valence-electron chi connectivity index (χ2n) is 4.65. The SMILES string of the molecule is COC1(c2nsc(NC3CC3)n2)CCOCC1. The molecule has 1 saturated carbocycles. The Bertz CT molecular complexity index is 386. The second-order valence-corrected chi connectivity index (χ2v) is 5.40. The minimum atomic E-state index is -0.335. The molecule has 1 aromatic heterocycles. The van der Waals surface area contributed by atoms with Gasteiger partial charge in [-0.25, -0.2) is 4.98 Å². The number of hydrogen-bond acceptors (Lipinski definition) is 6. The van der Waals surface area contributed by atoms with Crippen molar-refractivity contribution in [1.29, 1.82) is 0 Å². The van der Waals surface area contributed by atoms with E-state index in [2.05, 4.69) is 14.7 Å². The van der Waals surface area contributed by atoms with Crippen molar-refractivity contribution < 1.29 is 9.47 Å². The van der Waals surface area contributed by atoms with Crippen LogP contribution in [0, 0.1) is 0 Å². The highest BCUT2D eigenvalue weighted by Crippen LogP contribution is 2.35. The van der Waals surface area contributed by atoms with E-state index in [1.165, 1.54) is 24.4 Å². The van der Waals surface area contributed by atoms with Gasteiger partial charge >= 0.3 is 0 Å². The van der Waals surface area contributed by atoms with E-state index in [4.69, 9.17) is 9.47 Å². The summed E-state index contributed by atoms with van der Waals surface area (Å²) in [4.78, 5) is 4.57. The second kappa shape index (κ2) is 4.51. The van der Waals surface area contributed by atoms with Crippen molar-refractivity contribution in [3.8, 4) is 0 Å². The third-order valence-corrected chi connectivity index (χ3v) is 4.08. The fourth-order valence-electron chi connectivity index (χ4n) is 2.09. The Morgan fingerprint density at radius 1 is 1.41 bits per heavy atom. The largest absolute Gasteiger partial charge is 0.381 e. The summed E-state index contributed by atoms with van der Waals surface area (Å²) >= 11 is 1.43. The first-order valence-corrected chi connectivity index (χ1v) is 6.83. The van der Waals surface area contributed by atoms with Gasteiger partial charge in [0.25, 0.3) is 0 Å². The third kappa shape index (κ3) is 2.29. The van der Waals surface area contributed by atoms with Crippen LogP contribution in [0.5, 0.6) is 0 Å². The Morgan fingerprint density at radius 2 is 2.18 bits per heavy atom. The molecular weight excluding hydrogens is 238 g/mol. The zero-order valence-corrected chi connectivity index (χ0v) is 10.8. The molecule has 2 aliphatic rings. The van der Waals surface area contributed by atoms with Gasteiger partial charge in [0.2, 0.25) is 5.13 Å². The molecule has 0 amide bonds. The van der Waals surface area contributed by atoms with Crippen LogP contribution in [0.4, 0.5) is 5.13 Å². The van der Waals surface area contributed by atoms with Crippen LogP contribution in [0.3, 0.4) is 0 Å². The van der Waals surface area contributed by atoms with Gasteiger partial charge in [-0.2, -0.15) is 4.37 Å². The van der Waals surface area contributed by atoms with Crippen molar-refractivity contribution in [2.24, 2.45) is 0 Å². The number of aromatic nitrogens is 2. The fraction of sp³-hybridized carbons (Fsp3) is 0.818. The van der Waals surface area contributed by atoms with Crippen LogP contribution in [0.1, 0.15) is 31.5 Å². The van der Waals surface area contributed by atoms with Crippen LogP contribution >= 0.6 is 11.5 Å². The summed E-state index contributed by atoms with van der Waals surface area (Å²) in [6.45, 7) is 1.44. The van der Waals surface area contributed by atoms with Crippen molar-refractivity contribution in [1.82, 2.24) is 9.36 Å². The van der Waals surface area contributed by atoms with Crippen LogP contribution < -0.4 is 5.32 Å². The normalized spacial score (nSPS) is 23.6. The number of anilines is 1. The van der Waals surface area contributed by atoms with Gasteiger partial charge in [0.1, 0.15) is 5.60 Å². The van der Waals surface area contributed by atoms with Gasteiger partial charge in [-0.05, 0) is 12.8 Å². The lowest BCUT2D eigenvalue weighted by Gasteiger charge is -2.33. The molecule has 0 spiro atoms. The highest BCUT2D eigenvalue weighted by atomic mass is 32.1. The van der Waals surface area contributed by atoms with Crippen LogP contribution in [-0.2, 0) is 15.1 Å². The minimum absolute atomic E-state index is 0.335. The number of methoxy groups -OCH3 is 1. The molecule has 5 nitrogen and oxygen atoms in total. The molecule has 3 rings (SSSR count). The van der Waals surface area contributed by atoms with Gasteiger partial charge in [0.15, 0.2) is 5.82 Å². The average molecular weight is 255 g/mol. The van der Waals surface area contributed by atoms with Crippen molar-refractivity contribution in [3.05, 3.63) is 5.82 Å². The first-order valence-electron chi connectivity index (χ1n) is 6.06. The van der Waals surface area contributed by atoms with Crippen LogP contribution in [0.2, 0.25) is 0 Å². The number of nitrogens with one attached hydrogen (secondary N) is 1. The van der Waals surface area contributed by atoms with Gasteiger partial charge in [-0.3, -0.25) is 0 Å². The fourth-order valence-corrected chi connectivity index (χ4v) is 2.82. The van der Waals surface area contributed by atoms with Crippen molar-refractivity contribution in [2.75, 3.05) is 25.6 Å². The molecule has 1 aromatic rings. The molecular formula is C11H17N3O2S. The first-order chi connectivity index (χ1) is 8.32. The number of ether oxygens (including phenoxy) is 2. The van der Waals surface area contributed by atoms with Gasteiger partial charge in [0.05, 0.1) is 0 Å². The number of hydrogen-bond donors (Lipinski definition) is 1. The van der Waals surface area contributed by atoms with Crippen LogP contribution in [-0.4, -0.2) is 35.7 Å². The lowest BCUT2D eigenvalue weighted by Crippen LogP contribution is -2.36. The lowest BCUT2D eigenvalue weighted by atomic mass is 9.93. The van der Waals surface area contributed by atoms with Crippen molar-refractivity contribution >= 4 is 16.7 Å². The predicted molar refractivity (Wildman–Crippen MR) is 65.3 cm³/mol. The zero-order chi connectivity index (χ0) is 11.7.